The molecule has 8 nitrogen and oxygen atoms in total. The summed E-state index contributed by atoms with van der Waals surface area (Å²) in [5.41, 5.74) is -1.53. The van der Waals surface area contributed by atoms with E-state index in [0.717, 1.165) is 21.3 Å². The van der Waals surface area contributed by atoms with Crippen molar-refractivity contribution in [3.8, 4) is 0 Å². The fourth-order valence-electron chi connectivity index (χ4n) is 2.38. The van der Waals surface area contributed by atoms with Crippen LogP contribution in [0.2, 0.25) is 0 Å². The van der Waals surface area contributed by atoms with Gasteiger partial charge in [-0.1, -0.05) is 5.16 Å². The van der Waals surface area contributed by atoms with Crippen LogP contribution in [-0.4, -0.2) is 20.2 Å². The van der Waals surface area contributed by atoms with Crippen LogP contribution in [0.25, 0.3) is 11.1 Å². The Kier molecular flexibility index (Phi) is 3.95. The van der Waals surface area contributed by atoms with Crippen LogP contribution < -0.4 is 16.6 Å². The van der Waals surface area contributed by atoms with E-state index in [4.69, 9.17) is 4.52 Å². The van der Waals surface area contributed by atoms with Crippen LogP contribution in [0.4, 0.5) is 14.5 Å². The van der Waals surface area contributed by atoms with Crippen molar-refractivity contribution < 1.29 is 18.1 Å². The van der Waals surface area contributed by atoms with Crippen molar-refractivity contribution in [2.75, 3.05) is 5.32 Å². The van der Waals surface area contributed by atoms with Gasteiger partial charge < -0.3 is 9.84 Å². The molecular formula is C15H12F2N4O4. The van der Waals surface area contributed by atoms with Gasteiger partial charge in [0.15, 0.2) is 0 Å². The van der Waals surface area contributed by atoms with Crippen molar-refractivity contribution in [2.45, 2.75) is 6.42 Å². The Morgan fingerprint density at radius 2 is 1.96 bits per heavy atom. The predicted molar refractivity (Wildman–Crippen MR) is 83.2 cm³/mol. The van der Waals surface area contributed by atoms with Crippen molar-refractivity contribution in [2.24, 2.45) is 14.1 Å². The normalized spacial score (nSPS) is 11.0. The Morgan fingerprint density at radius 3 is 2.64 bits per heavy atom. The van der Waals surface area contributed by atoms with Gasteiger partial charge in [0.25, 0.3) is 5.56 Å². The number of nitrogens with zero attached hydrogens (tertiary/aromatic N) is 3. The van der Waals surface area contributed by atoms with Gasteiger partial charge in [-0.25, -0.2) is 13.6 Å². The van der Waals surface area contributed by atoms with Crippen LogP contribution in [0.1, 0.15) is 5.69 Å². The van der Waals surface area contributed by atoms with E-state index < -0.39 is 35.2 Å². The number of carbonyl (C=O) groups is 1. The molecule has 0 bridgehead atoms. The summed E-state index contributed by atoms with van der Waals surface area (Å²) in [5.74, 6) is -2.39. The van der Waals surface area contributed by atoms with E-state index in [0.29, 0.717) is 6.07 Å². The van der Waals surface area contributed by atoms with E-state index >= 15 is 0 Å². The second-order valence-electron chi connectivity index (χ2n) is 5.36. The quantitative estimate of drug-likeness (QED) is 0.749. The summed E-state index contributed by atoms with van der Waals surface area (Å²) in [6.45, 7) is 0. The minimum absolute atomic E-state index is 0.00576. The molecule has 0 aliphatic rings. The fraction of sp³-hybridized carbons (Fsp3) is 0.200. The number of carbonyl (C=O) groups excluding carboxylic acids is 1. The predicted octanol–water partition coefficient (Wildman–Crippen LogP) is 0.685. The number of halogens is 2. The lowest BCUT2D eigenvalue weighted by Crippen LogP contribution is -2.36. The van der Waals surface area contributed by atoms with Crippen LogP contribution in [0.3, 0.4) is 0 Å². The summed E-state index contributed by atoms with van der Waals surface area (Å²) < 4.78 is 33.4. The number of aryl methyl sites for hydroxylation is 1. The minimum atomic E-state index is -0.934. The van der Waals surface area contributed by atoms with E-state index in [2.05, 4.69) is 10.5 Å². The molecule has 0 aliphatic carbocycles. The number of benzene rings is 1. The molecule has 3 aromatic rings. The van der Waals surface area contributed by atoms with Gasteiger partial charge in [-0.15, -0.1) is 0 Å². The van der Waals surface area contributed by atoms with Gasteiger partial charge in [-0.2, -0.15) is 0 Å². The first-order valence-electron chi connectivity index (χ1n) is 7.08. The highest BCUT2D eigenvalue weighted by molar-refractivity contribution is 5.94. The van der Waals surface area contributed by atoms with Crippen LogP contribution in [0.5, 0.6) is 0 Å². The first-order chi connectivity index (χ1) is 11.8. The Labute approximate surface area is 138 Å². The van der Waals surface area contributed by atoms with Gasteiger partial charge in [0.05, 0.1) is 12.1 Å². The van der Waals surface area contributed by atoms with Gasteiger partial charge in [0.1, 0.15) is 22.7 Å². The molecular weight excluding hydrogens is 338 g/mol. The van der Waals surface area contributed by atoms with Gasteiger partial charge in [0, 0.05) is 20.2 Å². The molecule has 2 aromatic heterocycles. The monoisotopic (exact) mass is 350 g/mol. The van der Waals surface area contributed by atoms with E-state index in [9.17, 15) is 23.2 Å². The average molecular weight is 350 g/mol. The lowest BCUT2D eigenvalue weighted by atomic mass is 10.2. The average Bonchev–Trinajstić information content (AvgIpc) is 2.97. The second kappa shape index (κ2) is 5.96. The number of aromatic nitrogens is 3. The van der Waals surface area contributed by atoms with Gasteiger partial charge >= 0.3 is 5.69 Å². The summed E-state index contributed by atoms with van der Waals surface area (Å²) in [6.07, 6.45) is -0.392. The number of hydrogen-bond acceptors (Lipinski definition) is 5. The molecule has 0 fully saturated rings. The smallest absolute Gasteiger partial charge is 0.333 e. The molecule has 1 amide bonds. The zero-order valence-electron chi connectivity index (χ0n) is 13.2. The molecule has 0 saturated carbocycles. The van der Waals surface area contributed by atoms with Gasteiger partial charge in [-0.3, -0.25) is 18.7 Å². The Hall–Kier alpha value is -3.30. The number of nitrogens with one attached hydrogen (secondary N) is 1. The lowest BCUT2D eigenvalue weighted by molar-refractivity contribution is -0.115. The molecule has 0 aliphatic heterocycles. The maximum atomic E-state index is 13.6. The van der Waals surface area contributed by atoms with Crippen molar-refractivity contribution >= 4 is 22.7 Å². The van der Waals surface area contributed by atoms with Crippen LogP contribution in [-0.2, 0) is 25.3 Å². The molecule has 130 valence electrons. The molecule has 1 N–H and O–H groups in total. The summed E-state index contributed by atoms with van der Waals surface area (Å²) in [6, 6.07) is 2.70. The van der Waals surface area contributed by atoms with Crippen LogP contribution in [0, 0.1) is 11.6 Å². The molecule has 0 unspecified atom stereocenters. The van der Waals surface area contributed by atoms with E-state index in [-0.39, 0.29) is 22.5 Å². The summed E-state index contributed by atoms with van der Waals surface area (Å²) in [7, 11) is 2.68. The molecule has 1 aromatic carbocycles. The molecule has 25 heavy (non-hydrogen) atoms. The molecule has 0 spiro atoms. The maximum absolute atomic E-state index is 13.6. The Morgan fingerprint density at radius 1 is 1.24 bits per heavy atom. The molecule has 3 rings (SSSR count). The number of amides is 1. The number of fused-ring (bicyclic) bond motifs is 1. The van der Waals surface area contributed by atoms with Crippen molar-refractivity contribution in [3.05, 3.63) is 56.4 Å². The largest absolute Gasteiger partial charge is 0.337 e. The number of anilines is 1. The standard InChI is InChI=1S/C15H12F2N4O4/c1-20-13(23)12-10(19-25-14(12)21(2)15(20)24)6-11(22)18-9-4-3-7(16)5-8(9)17/h3-5H,6H2,1-2H3,(H,18,22). The van der Waals surface area contributed by atoms with Crippen LogP contribution >= 0.6 is 0 Å². The third-order valence-electron chi connectivity index (χ3n) is 3.67. The second-order valence-corrected chi connectivity index (χ2v) is 5.36. The SMILES string of the molecule is Cn1c(=O)c2c(CC(=O)Nc3ccc(F)cc3F)noc2n(C)c1=O. The lowest BCUT2D eigenvalue weighted by Gasteiger charge is -2.05. The topological polar surface area (TPSA) is 99.1 Å². The van der Waals surface area contributed by atoms with E-state index in [1.54, 1.807) is 0 Å². The molecule has 2 heterocycles. The highest BCUT2D eigenvalue weighted by Crippen LogP contribution is 2.17. The first kappa shape index (κ1) is 16.6. The third kappa shape index (κ3) is 2.82. The number of rotatable bonds is 3. The maximum Gasteiger partial charge on any atom is 0.333 e. The summed E-state index contributed by atoms with van der Waals surface area (Å²) in [5, 5.41) is 5.90. The van der Waals surface area contributed by atoms with Crippen molar-refractivity contribution in [3.63, 3.8) is 0 Å². The van der Waals surface area contributed by atoms with Crippen LogP contribution in [0.15, 0.2) is 32.3 Å². The number of hydrogen-bond donors (Lipinski definition) is 1. The molecule has 10 heteroatoms. The zero-order chi connectivity index (χ0) is 18.3. The van der Waals surface area contributed by atoms with Crippen molar-refractivity contribution in [1.82, 2.24) is 14.3 Å². The molecule has 0 saturated heterocycles. The Bertz CT molecular complexity index is 1110. The molecule has 0 radical (unpaired) electrons. The fourth-order valence-corrected chi connectivity index (χ4v) is 2.38. The first-order valence-corrected chi connectivity index (χ1v) is 7.08. The highest BCUT2D eigenvalue weighted by atomic mass is 19.1. The van der Waals surface area contributed by atoms with E-state index in [1.807, 2.05) is 0 Å². The molecule has 0 atom stereocenters. The Balaban J connectivity index is 1.94. The van der Waals surface area contributed by atoms with Gasteiger partial charge in [0.2, 0.25) is 11.6 Å². The summed E-state index contributed by atoms with van der Waals surface area (Å²) in [4.78, 5) is 36.1. The minimum Gasteiger partial charge on any atom is -0.337 e. The summed E-state index contributed by atoms with van der Waals surface area (Å²) >= 11 is 0. The third-order valence-corrected chi connectivity index (χ3v) is 3.67. The van der Waals surface area contributed by atoms with E-state index in [1.165, 1.54) is 14.1 Å². The van der Waals surface area contributed by atoms with Crippen molar-refractivity contribution in [1.29, 1.82) is 0 Å². The zero-order valence-corrected chi connectivity index (χ0v) is 13.2. The van der Waals surface area contributed by atoms with Gasteiger partial charge in [-0.05, 0) is 12.1 Å². The highest BCUT2D eigenvalue weighted by Gasteiger charge is 2.20.